The number of nitrogens with one attached hydrogen (secondary N) is 2. The van der Waals surface area contributed by atoms with Crippen molar-refractivity contribution in [2.24, 2.45) is 5.92 Å². The standard InChI is InChI=1S/C20H27N3O7/c1-11(2)21-20(27)22-18(25)12(3)30-19(26)13-8-17(24)23(10-13)15-7-6-14(28-4)9-16(15)29-5/h6-7,9,11-13H,8,10H2,1-5H3,(H2,21,22,25,27)/t12-,13-/m1/s1. The minimum atomic E-state index is -1.19. The summed E-state index contributed by atoms with van der Waals surface area (Å²) in [6.45, 7) is 4.93. The molecule has 10 nitrogen and oxygen atoms in total. The van der Waals surface area contributed by atoms with Gasteiger partial charge in [-0.15, -0.1) is 0 Å². The van der Waals surface area contributed by atoms with Gasteiger partial charge in [-0.2, -0.15) is 0 Å². The predicted octanol–water partition coefficient (Wildman–Crippen LogP) is 1.22. The van der Waals surface area contributed by atoms with Gasteiger partial charge in [-0.3, -0.25) is 19.7 Å². The zero-order chi connectivity index (χ0) is 22.4. The minimum absolute atomic E-state index is 0.0593. The Kier molecular flexibility index (Phi) is 7.62. The Morgan fingerprint density at radius 3 is 2.43 bits per heavy atom. The van der Waals surface area contributed by atoms with E-state index in [-0.39, 0.29) is 24.9 Å². The van der Waals surface area contributed by atoms with Crippen molar-refractivity contribution < 1.29 is 33.4 Å². The van der Waals surface area contributed by atoms with Crippen molar-refractivity contribution >= 4 is 29.5 Å². The highest BCUT2D eigenvalue weighted by molar-refractivity contribution is 6.01. The van der Waals surface area contributed by atoms with E-state index in [0.717, 1.165) is 0 Å². The van der Waals surface area contributed by atoms with Crippen LogP contribution in [0.2, 0.25) is 0 Å². The van der Waals surface area contributed by atoms with E-state index < -0.39 is 29.9 Å². The third kappa shape index (κ3) is 5.62. The van der Waals surface area contributed by atoms with Gasteiger partial charge in [0.2, 0.25) is 5.91 Å². The summed E-state index contributed by atoms with van der Waals surface area (Å²) in [4.78, 5) is 50.0. The molecule has 0 aliphatic carbocycles. The van der Waals surface area contributed by atoms with Crippen LogP contribution in [0, 0.1) is 5.92 Å². The monoisotopic (exact) mass is 421 g/mol. The van der Waals surface area contributed by atoms with E-state index in [4.69, 9.17) is 14.2 Å². The van der Waals surface area contributed by atoms with Gasteiger partial charge in [0.1, 0.15) is 11.5 Å². The molecule has 0 spiro atoms. The van der Waals surface area contributed by atoms with Crippen LogP contribution in [0.15, 0.2) is 18.2 Å². The Morgan fingerprint density at radius 1 is 1.13 bits per heavy atom. The summed E-state index contributed by atoms with van der Waals surface area (Å²) in [5.74, 6) is -1.46. The van der Waals surface area contributed by atoms with E-state index in [0.29, 0.717) is 17.2 Å². The predicted molar refractivity (Wildman–Crippen MR) is 107 cm³/mol. The van der Waals surface area contributed by atoms with Crippen LogP contribution < -0.4 is 25.0 Å². The second-order valence-electron chi connectivity index (χ2n) is 7.14. The molecule has 1 saturated heterocycles. The topological polar surface area (TPSA) is 123 Å². The third-order valence-electron chi connectivity index (χ3n) is 4.45. The molecule has 1 aromatic rings. The van der Waals surface area contributed by atoms with Gasteiger partial charge in [-0.1, -0.05) is 0 Å². The maximum absolute atomic E-state index is 12.5. The van der Waals surface area contributed by atoms with Gasteiger partial charge in [0.15, 0.2) is 6.10 Å². The van der Waals surface area contributed by atoms with Gasteiger partial charge in [-0.05, 0) is 32.9 Å². The lowest BCUT2D eigenvalue weighted by atomic mass is 10.1. The van der Waals surface area contributed by atoms with E-state index in [9.17, 15) is 19.2 Å². The fourth-order valence-corrected chi connectivity index (χ4v) is 2.94. The number of hydrogen-bond donors (Lipinski definition) is 2. The number of ether oxygens (including phenoxy) is 3. The van der Waals surface area contributed by atoms with Crippen molar-refractivity contribution in [3.8, 4) is 11.5 Å². The first kappa shape index (κ1) is 23.0. The number of imide groups is 1. The van der Waals surface area contributed by atoms with E-state index in [1.165, 1.54) is 26.0 Å². The van der Waals surface area contributed by atoms with Crippen LogP contribution in [-0.2, 0) is 19.1 Å². The first-order chi connectivity index (χ1) is 14.2. The van der Waals surface area contributed by atoms with E-state index >= 15 is 0 Å². The van der Waals surface area contributed by atoms with Crippen LogP contribution >= 0.6 is 0 Å². The molecule has 0 saturated carbocycles. The Hall–Kier alpha value is -3.30. The number of carbonyl (C=O) groups is 4. The molecule has 0 radical (unpaired) electrons. The molecule has 0 aromatic heterocycles. The summed E-state index contributed by atoms with van der Waals surface area (Å²) in [5.41, 5.74) is 0.509. The molecule has 1 aliphatic rings. The quantitative estimate of drug-likeness (QED) is 0.635. The van der Waals surface area contributed by atoms with Crippen molar-refractivity contribution in [3.63, 3.8) is 0 Å². The smallest absolute Gasteiger partial charge is 0.321 e. The van der Waals surface area contributed by atoms with Gasteiger partial charge in [0, 0.05) is 25.1 Å². The molecule has 1 fully saturated rings. The Morgan fingerprint density at radius 2 is 1.83 bits per heavy atom. The Labute approximate surface area is 174 Å². The molecule has 2 rings (SSSR count). The van der Waals surface area contributed by atoms with Crippen LogP contribution in [0.3, 0.4) is 0 Å². The molecule has 2 N–H and O–H groups in total. The second-order valence-corrected chi connectivity index (χ2v) is 7.14. The number of esters is 1. The first-order valence-corrected chi connectivity index (χ1v) is 9.50. The highest BCUT2D eigenvalue weighted by atomic mass is 16.5. The lowest BCUT2D eigenvalue weighted by Crippen LogP contribution is -2.47. The normalized spacial score (nSPS) is 16.8. The molecule has 4 amide bonds. The van der Waals surface area contributed by atoms with Crippen molar-refractivity contribution in [2.45, 2.75) is 39.3 Å². The van der Waals surface area contributed by atoms with Crippen LogP contribution in [0.5, 0.6) is 11.5 Å². The zero-order valence-corrected chi connectivity index (χ0v) is 17.7. The number of urea groups is 1. The number of hydrogen-bond acceptors (Lipinski definition) is 7. The number of carbonyl (C=O) groups excluding carboxylic acids is 4. The van der Waals surface area contributed by atoms with Crippen molar-refractivity contribution in [1.29, 1.82) is 0 Å². The molecule has 2 atom stereocenters. The number of rotatable bonds is 7. The fraction of sp³-hybridized carbons (Fsp3) is 0.500. The summed E-state index contributed by atoms with van der Waals surface area (Å²) < 4.78 is 15.6. The zero-order valence-electron chi connectivity index (χ0n) is 17.7. The van der Waals surface area contributed by atoms with Gasteiger partial charge in [-0.25, -0.2) is 4.79 Å². The van der Waals surface area contributed by atoms with Crippen LogP contribution in [0.1, 0.15) is 27.2 Å². The van der Waals surface area contributed by atoms with Crippen molar-refractivity contribution in [3.05, 3.63) is 18.2 Å². The summed E-state index contributed by atoms with van der Waals surface area (Å²) in [6.07, 6.45) is -1.24. The third-order valence-corrected chi connectivity index (χ3v) is 4.45. The molecule has 1 heterocycles. The van der Waals surface area contributed by atoms with Gasteiger partial charge in [0.25, 0.3) is 5.91 Å². The van der Waals surface area contributed by atoms with Crippen LogP contribution in [0.25, 0.3) is 0 Å². The average Bonchev–Trinajstić information content (AvgIpc) is 3.08. The molecule has 1 aliphatic heterocycles. The molecule has 10 heteroatoms. The largest absolute Gasteiger partial charge is 0.497 e. The second kappa shape index (κ2) is 9.95. The molecule has 30 heavy (non-hydrogen) atoms. The molecule has 0 unspecified atom stereocenters. The van der Waals surface area contributed by atoms with Crippen LogP contribution in [0.4, 0.5) is 10.5 Å². The summed E-state index contributed by atoms with van der Waals surface area (Å²) in [5, 5.41) is 4.61. The minimum Gasteiger partial charge on any atom is -0.497 e. The number of nitrogens with zero attached hydrogens (tertiary/aromatic N) is 1. The molecular weight excluding hydrogens is 394 g/mol. The Balaban J connectivity index is 2.00. The van der Waals surface area contributed by atoms with Crippen molar-refractivity contribution in [2.75, 3.05) is 25.7 Å². The average molecular weight is 421 g/mol. The van der Waals surface area contributed by atoms with Gasteiger partial charge in [0.05, 0.1) is 25.8 Å². The van der Waals surface area contributed by atoms with E-state index in [2.05, 4.69) is 10.6 Å². The molecule has 164 valence electrons. The maximum atomic E-state index is 12.5. The maximum Gasteiger partial charge on any atom is 0.321 e. The summed E-state index contributed by atoms with van der Waals surface area (Å²) in [7, 11) is 2.99. The number of methoxy groups -OCH3 is 2. The molecular formula is C20H27N3O7. The highest BCUT2D eigenvalue weighted by Gasteiger charge is 2.38. The lowest BCUT2D eigenvalue weighted by Gasteiger charge is -2.20. The number of benzene rings is 1. The summed E-state index contributed by atoms with van der Waals surface area (Å²) in [6, 6.07) is 4.17. The van der Waals surface area contributed by atoms with E-state index in [1.807, 2.05) is 0 Å². The highest BCUT2D eigenvalue weighted by Crippen LogP contribution is 2.36. The summed E-state index contributed by atoms with van der Waals surface area (Å²) >= 11 is 0. The molecule has 0 bridgehead atoms. The van der Waals surface area contributed by atoms with Crippen LogP contribution in [-0.4, -0.2) is 56.7 Å². The first-order valence-electron chi connectivity index (χ1n) is 9.50. The Bertz CT molecular complexity index is 825. The molecule has 1 aromatic carbocycles. The fourth-order valence-electron chi connectivity index (χ4n) is 2.94. The van der Waals surface area contributed by atoms with Gasteiger partial charge < -0.3 is 24.4 Å². The SMILES string of the molecule is COc1ccc(N2C[C@H](C(=O)O[C@H](C)C(=O)NC(=O)NC(C)C)CC2=O)c(OC)c1. The van der Waals surface area contributed by atoms with Crippen molar-refractivity contribution in [1.82, 2.24) is 10.6 Å². The van der Waals surface area contributed by atoms with Gasteiger partial charge >= 0.3 is 12.0 Å². The lowest BCUT2D eigenvalue weighted by molar-refractivity contribution is -0.158. The number of amides is 4. The van der Waals surface area contributed by atoms with E-state index in [1.54, 1.807) is 32.0 Å². The number of anilines is 1.